The fourth-order valence-corrected chi connectivity index (χ4v) is 2.78. The molecule has 27 heavy (non-hydrogen) atoms. The number of hydroxylamine groups is 1. The normalized spacial score (nSPS) is 10.6. The largest absolute Gasteiger partial charge is 0.497 e. The fraction of sp³-hybridized carbons (Fsp3) is 0.300. The van der Waals surface area contributed by atoms with Gasteiger partial charge in [0.2, 0.25) is 5.91 Å². The Balaban J connectivity index is 2.08. The number of benzene rings is 2. The van der Waals surface area contributed by atoms with E-state index < -0.39 is 11.9 Å². The number of rotatable bonds is 10. The molecule has 2 rings (SSSR count). The van der Waals surface area contributed by atoms with Gasteiger partial charge in [-0.15, -0.1) is 0 Å². The predicted octanol–water partition coefficient (Wildman–Crippen LogP) is 2.68. The zero-order valence-electron chi connectivity index (χ0n) is 15.2. The van der Waals surface area contributed by atoms with Crippen LogP contribution in [0.1, 0.15) is 34.3 Å². The van der Waals surface area contributed by atoms with Crippen molar-refractivity contribution in [1.29, 1.82) is 0 Å². The van der Waals surface area contributed by atoms with E-state index in [0.717, 1.165) is 16.9 Å². The molecule has 2 aromatic rings. The first-order valence-electron chi connectivity index (χ1n) is 8.62. The SMILES string of the molecule is COc1ccc(CN(CCCC(=O)NO)Cc2cccc(C(=O)O)c2)cc1. The van der Waals surface area contributed by atoms with Crippen LogP contribution >= 0.6 is 0 Å². The molecule has 0 saturated heterocycles. The monoisotopic (exact) mass is 372 g/mol. The van der Waals surface area contributed by atoms with E-state index in [1.165, 1.54) is 0 Å². The van der Waals surface area contributed by atoms with Crippen LogP contribution in [-0.2, 0) is 17.9 Å². The fourth-order valence-electron chi connectivity index (χ4n) is 2.78. The maximum absolute atomic E-state index is 11.2. The Morgan fingerprint density at radius 1 is 1.07 bits per heavy atom. The second kappa shape index (κ2) is 10.3. The van der Waals surface area contributed by atoms with Crippen LogP contribution in [0.5, 0.6) is 5.75 Å². The predicted molar refractivity (Wildman–Crippen MR) is 99.7 cm³/mol. The second-order valence-electron chi connectivity index (χ2n) is 6.20. The lowest BCUT2D eigenvalue weighted by atomic mass is 10.1. The summed E-state index contributed by atoms with van der Waals surface area (Å²) in [7, 11) is 1.61. The number of carboxylic acid groups (broad SMARTS) is 1. The van der Waals surface area contributed by atoms with Crippen molar-refractivity contribution >= 4 is 11.9 Å². The third-order valence-electron chi connectivity index (χ3n) is 4.15. The van der Waals surface area contributed by atoms with E-state index in [1.807, 2.05) is 30.3 Å². The van der Waals surface area contributed by atoms with E-state index >= 15 is 0 Å². The third-order valence-corrected chi connectivity index (χ3v) is 4.15. The highest BCUT2D eigenvalue weighted by molar-refractivity contribution is 5.87. The summed E-state index contributed by atoms with van der Waals surface area (Å²) in [4.78, 5) is 24.6. The molecule has 0 aliphatic carbocycles. The number of nitrogens with one attached hydrogen (secondary N) is 1. The molecule has 7 nitrogen and oxygen atoms in total. The number of carbonyl (C=O) groups excluding carboxylic acids is 1. The van der Waals surface area contributed by atoms with Crippen LogP contribution in [0.2, 0.25) is 0 Å². The minimum atomic E-state index is -0.960. The zero-order valence-corrected chi connectivity index (χ0v) is 15.2. The molecule has 0 atom stereocenters. The molecule has 0 aliphatic heterocycles. The van der Waals surface area contributed by atoms with Gasteiger partial charge in [-0.1, -0.05) is 24.3 Å². The first-order chi connectivity index (χ1) is 13.0. The summed E-state index contributed by atoms with van der Waals surface area (Å²) in [6.45, 7) is 1.81. The van der Waals surface area contributed by atoms with Crippen LogP contribution in [0.25, 0.3) is 0 Å². The molecule has 2 aromatic carbocycles. The highest BCUT2D eigenvalue weighted by Crippen LogP contribution is 2.16. The summed E-state index contributed by atoms with van der Waals surface area (Å²) >= 11 is 0. The van der Waals surface area contributed by atoms with Crippen LogP contribution in [0, 0.1) is 0 Å². The van der Waals surface area contributed by atoms with Crippen molar-refractivity contribution in [2.24, 2.45) is 0 Å². The zero-order chi connectivity index (χ0) is 19.6. The molecule has 0 unspecified atom stereocenters. The Morgan fingerprint density at radius 2 is 1.78 bits per heavy atom. The number of hydrogen-bond acceptors (Lipinski definition) is 5. The Kier molecular flexibility index (Phi) is 7.79. The molecule has 0 saturated carbocycles. The average molecular weight is 372 g/mol. The molecule has 0 aromatic heterocycles. The van der Waals surface area contributed by atoms with Gasteiger partial charge in [0.05, 0.1) is 12.7 Å². The van der Waals surface area contributed by atoms with E-state index in [1.54, 1.807) is 30.8 Å². The number of aromatic carboxylic acids is 1. The molecule has 0 bridgehead atoms. The van der Waals surface area contributed by atoms with E-state index in [2.05, 4.69) is 4.90 Å². The Morgan fingerprint density at radius 3 is 2.41 bits per heavy atom. The minimum absolute atomic E-state index is 0.213. The number of methoxy groups -OCH3 is 1. The van der Waals surface area contributed by atoms with Crippen molar-refractivity contribution < 1.29 is 24.6 Å². The third kappa shape index (κ3) is 6.73. The van der Waals surface area contributed by atoms with Gasteiger partial charge in [0.1, 0.15) is 5.75 Å². The van der Waals surface area contributed by atoms with E-state index in [4.69, 9.17) is 15.1 Å². The number of ether oxygens (including phenoxy) is 1. The van der Waals surface area contributed by atoms with E-state index in [-0.39, 0.29) is 12.0 Å². The average Bonchev–Trinajstić information content (AvgIpc) is 2.68. The van der Waals surface area contributed by atoms with Gasteiger partial charge < -0.3 is 9.84 Å². The van der Waals surface area contributed by atoms with Crippen LogP contribution in [0.4, 0.5) is 0 Å². The van der Waals surface area contributed by atoms with Crippen molar-refractivity contribution in [2.45, 2.75) is 25.9 Å². The topological polar surface area (TPSA) is 99.1 Å². The molecular weight excluding hydrogens is 348 g/mol. The van der Waals surface area contributed by atoms with E-state index in [9.17, 15) is 9.59 Å². The Bertz CT molecular complexity index is 761. The van der Waals surface area contributed by atoms with E-state index in [0.29, 0.717) is 26.1 Å². The Labute approximate surface area is 158 Å². The van der Waals surface area contributed by atoms with Crippen molar-refractivity contribution in [3.63, 3.8) is 0 Å². The van der Waals surface area contributed by atoms with Crippen molar-refractivity contribution in [2.75, 3.05) is 13.7 Å². The lowest BCUT2D eigenvalue weighted by Crippen LogP contribution is -2.26. The lowest BCUT2D eigenvalue weighted by molar-refractivity contribution is -0.129. The van der Waals surface area contributed by atoms with Gasteiger partial charge in [0, 0.05) is 19.5 Å². The van der Waals surface area contributed by atoms with Crippen molar-refractivity contribution in [3.05, 3.63) is 65.2 Å². The van der Waals surface area contributed by atoms with Crippen LogP contribution in [0.3, 0.4) is 0 Å². The molecule has 7 heteroatoms. The van der Waals surface area contributed by atoms with Crippen LogP contribution in [-0.4, -0.2) is 40.7 Å². The van der Waals surface area contributed by atoms with Gasteiger partial charge in [-0.05, 0) is 48.4 Å². The highest BCUT2D eigenvalue weighted by Gasteiger charge is 2.11. The van der Waals surface area contributed by atoms with Crippen LogP contribution < -0.4 is 10.2 Å². The highest BCUT2D eigenvalue weighted by atomic mass is 16.5. The maximum Gasteiger partial charge on any atom is 0.335 e. The lowest BCUT2D eigenvalue weighted by Gasteiger charge is -2.23. The van der Waals surface area contributed by atoms with Gasteiger partial charge in [-0.3, -0.25) is 14.9 Å². The summed E-state index contributed by atoms with van der Waals surface area (Å²) in [6.07, 6.45) is 0.784. The molecule has 0 spiro atoms. The minimum Gasteiger partial charge on any atom is -0.497 e. The number of hydrogen-bond donors (Lipinski definition) is 3. The smallest absolute Gasteiger partial charge is 0.335 e. The Hall–Kier alpha value is -2.90. The summed E-state index contributed by atoms with van der Waals surface area (Å²) in [6, 6.07) is 14.5. The first-order valence-corrected chi connectivity index (χ1v) is 8.62. The maximum atomic E-state index is 11.2. The molecule has 1 amide bonds. The van der Waals surface area contributed by atoms with Gasteiger partial charge in [0.25, 0.3) is 0 Å². The van der Waals surface area contributed by atoms with Crippen molar-refractivity contribution in [3.8, 4) is 5.75 Å². The molecule has 3 N–H and O–H groups in total. The quantitative estimate of drug-likeness (QED) is 0.438. The summed E-state index contributed by atoms with van der Waals surface area (Å²) in [5.74, 6) is -0.607. The van der Waals surface area contributed by atoms with Gasteiger partial charge >= 0.3 is 5.97 Å². The molecule has 0 heterocycles. The molecule has 0 radical (unpaired) electrons. The molecule has 0 aliphatic rings. The standard InChI is InChI=1S/C20H24N2O5/c1-27-18-9-7-15(8-10-18)13-22(11-3-6-19(23)21-26)14-16-4-2-5-17(12-16)20(24)25/h2,4-5,7-10,12,26H,3,6,11,13-14H2,1H3,(H,21,23)(H,24,25). The number of nitrogens with zero attached hydrogens (tertiary/aromatic N) is 1. The number of amides is 1. The van der Waals surface area contributed by atoms with Gasteiger partial charge in [-0.2, -0.15) is 0 Å². The first kappa shape index (κ1) is 20.4. The molecule has 144 valence electrons. The molecular formula is C20H24N2O5. The van der Waals surface area contributed by atoms with Gasteiger partial charge in [0.15, 0.2) is 0 Å². The summed E-state index contributed by atoms with van der Waals surface area (Å²) in [5, 5.41) is 17.8. The molecule has 0 fully saturated rings. The number of carboxylic acids is 1. The second-order valence-corrected chi connectivity index (χ2v) is 6.20. The summed E-state index contributed by atoms with van der Waals surface area (Å²) < 4.78 is 5.17. The summed E-state index contributed by atoms with van der Waals surface area (Å²) in [5.41, 5.74) is 3.85. The van der Waals surface area contributed by atoms with Gasteiger partial charge in [-0.25, -0.2) is 10.3 Å². The van der Waals surface area contributed by atoms with Crippen LogP contribution in [0.15, 0.2) is 48.5 Å². The van der Waals surface area contributed by atoms with Crippen molar-refractivity contribution in [1.82, 2.24) is 10.4 Å². The number of carbonyl (C=O) groups is 2.